The largest absolute Gasteiger partial charge is 0.494 e. The summed E-state index contributed by atoms with van der Waals surface area (Å²) < 4.78 is 20.3. The summed E-state index contributed by atoms with van der Waals surface area (Å²) in [4.78, 5) is 13.1. The van der Waals surface area contributed by atoms with Gasteiger partial charge in [-0.1, -0.05) is 6.07 Å². The van der Waals surface area contributed by atoms with Crippen molar-refractivity contribution in [1.29, 1.82) is 0 Å². The molecule has 3 aromatic heterocycles. The topological polar surface area (TPSA) is 104 Å². The van der Waals surface area contributed by atoms with Crippen LogP contribution in [-0.4, -0.2) is 31.8 Å². The lowest BCUT2D eigenvalue weighted by Crippen LogP contribution is -2.06. The summed E-state index contributed by atoms with van der Waals surface area (Å²) in [6.07, 6.45) is 3.34. The molecule has 0 fully saturated rings. The van der Waals surface area contributed by atoms with E-state index in [1.165, 1.54) is 19.2 Å². The molecule has 0 atom stereocenters. The summed E-state index contributed by atoms with van der Waals surface area (Å²) in [5, 5.41) is 7.60. The van der Waals surface area contributed by atoms with Crippen LogP contribution in [0.15, 0.2) is 48.8 Å². The predicted octanol–water partition coefficient (Wildman–Crippen LogP) is 3.81. The van der Waals surface area contributed by atoms with Crippen molar-refractivity contribution in [2.75, 3.05) is 18.2 Å². The molecule has 0 unspecified atom stereocenters. The van der Waals surface area contributed by atoms with Crippen LogP contribution in [0.5, 0.6) is 5.75 Å². The Labute approximate surface area is 172 Å². The minimum Gasteiger partial charge on any atom is -0.494 e. The van der Waals surface area contributed by atoms with E-state index in [1.807, 2.05) is 32.0 Å². The summed E-state index contributed by atoms with van der Waals surface area (Å²) in [5.41, 5.74) is 10.1. The molecule has 0 radical (unpaired) electrons. The number of nitrogen functional groups attached to an aromatic ring is 1. The molecule has 0 amide bonds. The Morgan fingerprint density at radius 1 is 1.13 bits per heavy atom. The number of aromatic nitrogens is 5. The summed E-state index contributed by atoms with van der Waals surface area (Å²) in [7, 11) is 1.40. The maximum Gasteiger partial charge on any atom is 0.229 e. The van der Waals surface area contributed by atoms with Crippen LogP contribution in [0.3, 0.4) is 0 Å². The Morgan fingerprint density at radius 3 is 2.67 bits per heavy atom. The van der Waals surface area contributed by atoms with Crippen LogP contribution < -0.4 is 15.8 Å². The van der Waals surface area contributed by atoms with Gasteiger partial charge in [-0.2, -0.15) is 10.1 Å². The number of anilines is 3. The zero-order valence-corrected chi connectivity index (χ0v) is 16.7. The molecule has 4 rings (SSSR count). The normalized spacial score (nSPS) is 10.8. The van der Waals surface area contributed by atoms with E-state index in [0.717, 1.165) is 17.0 Å². The second-order valence-corrected chi connectivity index (χ2v) is 6.63. The van der Waals surface area contributed by atoms with E-state index < -0.39 is 5.82 Å². The highest BCUT2D eigenvalue weighted by molar-refractivity contribution is 5.75. The zero-order valence-electron chi connectivity index (χ0n) is 16.7. The van der Waals surface area contributed by atoms with Gasteiger partial charge in [-0.25, -0.2) is 19.0 Å². The molecule has 152 valence electrons. The summed E-state index contributed by atoms with van der Waals surface area (Å²) in [5.74, 6) is 0.899. The number of nitrogens with one attached hydrogen (secondary N) is 1. The highest BCUT2D eigenvalue weighted by atomic mass is 19.1. The highest BCUT2D eigenvalue weighted by Crippen LogP contribution is 2.31. The van der Waals surface area contributed by atoms with E-state index in [9.17, 15) is 4.39 Å². The molecule has 0 saturated carbocycles. The number of aryl methyl sites for hydroxylation is 1. The first-order chi connectivity index (χ1) is 14.5. The lowest BCUT2D eigenvalue weighted by molar-refractivity contribution is 0.387. The summed E-state index contributed by atoms with van der Waals surface area (Å²) >= 11 is 0. The maximum absolute atomic E-state index is 13.6. The third-order valence-electron chi connectivity index (χ3n) is 4.71. The number of benzene rings is 1. The zero-order chi connectivity index (χ0) is 21.3. The van der Waals surface area contributed by atoms with Crippen LogP contribution in [0.4, 0.5) is 21.8 Å². The predicted molar refractivity (Wildman–Crippen MR) is 113 cm³/mol. The number of pyridine rings is 1. The van der Waals surface area contributed by atoms with Crippen LogP contribution in [0.25, 0.3) is 17.1 Å². The number of hydrogen-bond donors (Lipinski definition) is 2. The van der Waals surface area contributed by atoms with Crippen molar-refractivity contribution in [1.82, 2.24) is 24.7 Å². The van der Waals surface area contributed by atoms with E-state index in [1.54, 1.807) is 23.1 Å². The molecule has 3 heterocycles. The van der Waals surface area contributed by atoms with Crippen molar-refractivity contribution in [3.05, 3.63) is 65.9 Å². The van der Waals surface area contributed by atoms with Crippen LogP contribution in [0.1, 0.15) is 11.3 Å². The van der Waals surface area contributed by atoms with Crippen molar-refractivity contribution < 1.29 is 9.13 Å². The van der Waals surface area contributed by atoms with Crippen LogP contribution in [0.2, 0.25) is 0 Å². The Balaban J connectivity index is 1.71. The number of hydrogen-bond acceptors (Lipinski definition) is 7. The molecule has 3 N–H and O–H groups in total. The summed E-state index contributed by atoms with van der Waals surface area (Å²) in [6.45, 7) is 3.89. The van der Waals surface area contributed by atoms with E-state index in [-0.39, 0.29) is 17.5 Å². The van der Waals surface area contributed by atoms with Crippen molar-refractivity contribution in [2.24, 2.45) is 0 Å². The van der Waals surface area contributed by atoms with Gasteiger partial charge in [0.15, 0.2) is 17.4 Å². The molecule has 9 heteroatoms. The monoisotopic (exact) mass is 405 g/mol. The molecule has 8 nitrogen and oxygen atoms in total. The van der Waals surface area contributed by atoms with Crippen molar-refractivity contribution in [3.63, 3.8) is 0 Å². The van der Waals surface area contributed by atoms with Crippen molar-refractivity contribution >= 4 is 17.5 Å². The Bertz CT molecular complexity index is 1210. The van der Waals surface area contributed by atoms with Crippen LogP contribution >= 0.6 is 0 Å². The standard InChI is InChI=1S/C21H20FN7O/c1-12-13(2)28-29(18-6-4-5-9-24-18)19(12)15-11-25-21(27-20(15)23)26-14-7-8-16(22)17(10-14)30-3/h4-11H,1-3H3,(H3,23,25,26,27). The van der Waals surface area contributed by atoms with Gasteiger partial charge in [0.25, 0.3) is 0 Å². The minimum absolute atomic E-state index is 0.120. The third kappa shape index (κ3) is 3.52. The average Bonchev–Trinajstić information content (AvgIpc) is 3.05. The van der Waals surface area contributed by atoms with E-state index in [4.69, 9.17) is 10.5 Å². The highest BCUT2D eigenvalue weighted by Gasteiger charge is 2.19. The maximum atomic E-state index is 13.6. The lowest BCUT2D eigenvalue weighted by Gasteiger charge is -2.12. The molecule has 0 aliphatic carbocycles. The molecular weight excluding hydrogens is 385 g/mol. The molecule has 0 aliphatic heterocycles. The molecular formula is C21H20FN7O. The number of nitrogens with zero attached hydrogens (tertiary/aromatic N) is 5. The van der Waals surface area contributed by atoms with Gasteiger partial charge in [0, 0.05) is 24.1 Å². The van der Waals surface area contributed by atoms with Crippen molar-refractivity contribution in [3.8, 4) is 22.8 Å². The smallest absolute Gasteiger partial charge is 0.229 e. The quantitative estimate of drug-likeness (QED) is 0.520. The number of nitrogens with two attached hydrogens (primary N) is 1. The van der Waals surface area contributed by atoms with Gasteiger partial charge in [-0.05, 0) is 43.7 Å². The first kappa shape index (κ1) is 19.3. The fourth-order valence-corrected chi connectivity index (χ4v) is 3.07. The van der Waals surface area contributed by atoms with Crippen molar-refractivity contribution in [2.45, 2.75) is 13.8 Å². The van der Waals surface area contributed by atoms with E-state index >= 15 is 0 Å². The molecule has 1 aromatic carbocycles. The van der Waals surface area contributed by atoms with Gasteiger partial charge in [0.05, 0.1) is 24.1 Å². The number of methoxy groups -OCH3 is 1. The van der Waals surface area contributed by atoms with Gasteiger partial charge in [-0.15, -0.1) is 0 Å². The third-order valence-corrected chi connectivity index (χ3v) is 4.71. The number of ether oxygens (including phenoxy) is 1. The minimum atomic E-state index is -0.451. The van der Waals surface area contributed by atoms with Gasteiger partial charge in [0.1, 0.15) is 5.82 Å². The van der Waals surface area contributed by atoms with Gasteiger partial charge in [-0.3, -0.25) is 0 Å². The fourth-order valence-electron chi connectivity index (χ4n) is 3.07. The number of rotatable bonds is 5. The Morgan fingerprint density at radius 2 is 1.97 bits per heavy atom. The first-order valence-electron chi connectivity index (χ1n) is 9.19. The van der Waals surface area contributed by atoms with Crippen LogP contribution in [-0.2, 0) is 0 Å². The first-order valence-corrected chi connectivity index (χ1v) is 9.19. The molecule has 0 spiro atoms. The van der Waals surface area contributed by atoms with Gasteiger partial charge < -0.3 is 15.8 Å². The van der Waals surface area contributed by atoms with Gasteiger partial charge >= 0.3 is 0 Å². The Kier molecular flexibility index (Phi) is 5.01. The second-order valence-electron chi connectivity index (χ2n) is 6.63. The van der Waals surface area contributed by atoms with Crippen LogP contribution in [0, 0.1) is 19.7 Å². The average molecular weight is 405 g/mol. The second kappa shape index (κ2) is 7.78. The molecule has 0 bridgehead atoms. The molecule has 4 aromatic rings. The lowest BCUT2D eigenvalue weighted by atomic mass is 10.1. The SMILES string of the molecule is COc1cc(Nc2ncc(-c3c(C)c(C)nn3-c3ccccn3)c(N)n2)ccc1F. The summed E-state index contributed by atoms with van der Waals surface area (Å²) in [6, 6.07) is 9.99. The fraction of sp³-hybridized carbons (Fsp3) is 0.143. The van der Waals surface area contributed by atoms with E-state index in [2.05, 4.69) is 25.4 Å². The van der Waals surface area contributed by atoms with Gasteiger partial charge in [0.2, 0.25) is 5.95 Å². The number of halogens is 1. The Hall–Kier alpha value is -4.01. The molecule has 0 saturated heterocycles. The van der Waals surface area contributed by atoms with E-state index in [0.29, 0.717) is 17.1 Å². The molecule has 0 aliphatic rings. The molecule has 30 heavy (non-hydrogen) atoms.